The van der Waals surface area contributed by atoms with Gasteiger partial charge in [0.15, 0.2) is 17.3 Å². The molecule has 39 heavy (non-hydrogen) atoms. The Hall–Kier alpha value is -3.94. The number of sulfonamides is 1. The van der Waals surface area contributed by atoms with E-state index in [-0.39, 0.29) is 70.9 Å². The number of hydrogen-bond donors (Lipinski definition) is 1. The molecule has 12 nitrogen and oxygen atoms in total. The molecular formula is C25H29FN6O6S. The molecule has 2 amide bonds. The fourth-order valence-electron chi connectivity index (χ4n) is 5.27. The van der Waals surface area contributed by atoms with E-state index in [0.717, 1.165) is 15.1 Å². The maximum absolute atomic E-state index is 14.1. The third-order valence-corrected chi connectivity index (χ3v) is 9.07. The Morgan fingerprint density at radius 2 is 1.97 bits per heavy atom. The Morgan fingerprint density at radius 3 is 2.67 bits per heavy atom. The van der Waals surface area contributed by atoms with Gasteiger partial charge in [0.1, 0.15) is 16.7 Å². The number of hydrogen-bond acceptors (Lipinski definition) is 7. The smallest absolute Gasteiger partial charge is 0.280 e. The molecule has 4 heterocycles. The Balaban J connectivity index is 1.89. The minimum atomic E-state index is -3.97. The van der Waals surface area contributed by atoms with Gasteiger partial charge in [-0.1, -0.05) is 6.07 Å². The number of benzene rings is 1. The molecule has 1 atom stereocenters. The molecule has 5 rings (SSSR count). The fraction of sp³-hybridized carbons (Fsp3) is 0.440. The first-order valence-electron chi connectivity index (χ1n) is 12.6. The molecule has 0 saturated heterocycles. The number of rotatable bonds is 2. The van der Waals surface area contributed by atoms with E-state index >= 15 is 0 Å². The van der Waals surface area contributed by atoms with Crippen molar-refractivity contribution >= 4 is 38.6 Å². The Bertz CT molecular complexity index is 1680. The highest BCUT2D eigenvalue weighted by molar-refractivity contribution is 7.92. The van der Waals surface area contributed by atoms with Gasteiger partial charge in [-0.15, -0.1) is 5.10 Å². The number of fused-ring (bicyclic) bond motifs is 7. The number of nitrogens with zero attached hydrogens (tertiary/aromatic N) is 5. The summed E-state index contributed by atoms with van der Waals surface area (Å²) in [5.74, 6) is -1.94. The molecule has 2 aliphatic rings. The van der Waals surface area contributed by atoms with Crippen molar-refractivity contribution in [3.8, 4) is 5.75 Å². The van der Waals surface area contributed by atoms with Crippen LogP contribution in [-0.4, -0.2) is 79.0 Å². The summed E-state index contributed by atoms with van der Waals surface area (Å²) in [6, 6.07) is 3.30. The molecule has 0 saturated carbocycles. The van der Waals surface area contributed by atoms with E-state index in [2.05, 4.69) is 10.4 Å². The second kappa shape index (κ2) is 9.67. The highest BCUT2D eigenvalue weighted by Gasteiger charge is 2.39. The maximum atomic E-state index is 14.1. The zero-order valence-electron chi connectivity index (χ0n) is 22.0. The summed E-state index contributed by atoms with van der Waals surface area (Å²) in [6.07, 6.45) is 0.0851. The summed E-state index contributed by atoms with van der Waals surface area (Å²) >= 11 is 0. The molecule has 2 aromatic heterocycles. The second-order valence-electron chi connectivity index (χ2n) is 9.65. The van der Waals surface area contributed by atoms with Crippen LogP contribution in [0.1, 0.15) is 52.7 Å². The minimum absolute atomic E-state index is 0.000637. The van der Waals surface area contributed by atoms with Gasteiger partial charge in [0.2, 0.25) is 10.0 Å². The van der Waals surface area contributed by atoms with E-state index < -0.39 is 27.3 Å². The molecule has 14 heteroatoms. The van der Waals surface area contributed by atoms with E-state index in [1.54, 1.807) is 9.47 Å². The van der Waals surface area contributed by atoms with Gasteiger partial charge in [-0.05, 0) is 38.0 Å². The molecule has 0 spiro atoms. The van der Waals surface area contributed by atoms with E-state index in [4.69, 9.17) is 4.74 Å². The molecule has 1 N–H and O–H groups in total. The van der Waals surface area contributed by atoms with Gasteiger partial charge in [-0.2, -0.15) is 0 Å². The number of aromatic nitrogens is 3. The highest BCUT2D eigenvalue weighted by Crippen LogP contribution is 2.41. The van der Waals surface area contributed by atoms with Crippen LogP contribution in [-0.2, 0) is 16.6 Å². The average molecular weight is 561 g/mol. The summed E-state index contributed by atoms with van der Waals surface area (Å²) in [6.45, 7) is 4.28. The lowest BCUT2D eigenvalue weighted by molar-refractivity contribution is 0.0685. The number of carbonyl (C=O) groups excluding carboxylic acids is 2. The SMILES string of the molecule is CCN1C[C@H](C)n2c(c(OC)c3c(=O)n4nc(c32)N(C)S(=O)(=O)CCCNC(=O)c2cc(F)ccc2C4)C1=O. The third-order valence-electron chi connectivity index (χ3n) is 7.25. The minimum Gasteiger partial charge on any atom is -0.493 e. The predicted octanol–water partition coefficient (Wildman–Crippen LogP) is 1.33. The van der Waals surface area contributed by atoms with Gasteiger partial charge < -0.3 is 19.5 Å². The molecule has 2 bridgehead atoms. The first kappa shape index (κ1) is 26.7. The average Bonchev–Trinajstić information content (AvgIpc) is 3.26. The number of anilines is 1. The van der Waals surface area contributed by atoms with Crippen LogP contribution in [0.25, 0.3) is 10.9 Å². The van der Waals surface area contributed by atoms with E-state index in [1.807, 2.05) is 13.8 Å². The standard InChI is InChI=1S/C25H29FN6O6S/c1-5-30-12-14(2)32-19-18(21(38-4)20(32)25(30)35)24(34)31-13-15-7-8-16(26)11-17(15)23(33)27-9-6-10-39(36,37)29(3)22(19)28-31/h7-8,11,14H,5-6,9-10,12-13H2,1-4H3,(H,27,33)/t14-/m0/s1. The van der Waals surface area contributed by atoms with Gasteiger partial charge >= 0.3 is 0 Å². The second-order valence-corrected chi connectivity index (χ2v) is 11.8. The zero-order chi connectivity index (χ0) is 28.2. The van der Waals surface area contributed by atoms with Crippen LogP contribution >= 0.6 is 0 Å². The summed E-state index contributed by atoms with van der Waals surface area (Å²) in [4.78, 5) is 41.9. The first-order chi connectivity index (χ1) is 18.5. The van der Waals surface area contributed by atoms with E-state index in [1.165, 1.54) is 26.3 Å². The van der Waals surface area contributed by atoms with Crippen LogP contribution in [0.4, 0.5) is 10.2 Å². The fourth-order valence-corrected chi connectivity index (χ4v) is 6.44. The third kappa shape index (κ3) is 4.22. The van der Waals surface area contributed by atoms with Crippen LogP contribution in [0.3, 0.4) is 0 Å². The Labute approximate surface area is 224 Å². The number of ether oxygens (including phenoxy) is 1. The zero-order valence-corrected chi connectivity index (χ0v) is 22.8. The van der Waals surface area contributed by atoms with Gasteiger partial charge in [0.25, 0.3) is 17.4 Å². The van der Waals surface area contributed by atoms with E-state index in [9.17, 15) is 27.2 Å². The monoisotopic (exact) mass is 560 g/mol. The number of methoxy groups -OCH3 is 1. The van der Waals surface area contributed by atoms with Crippen LogP contribution in [0.5, 0.6) is 5.75 Å². The molecule has 0 unspecified atom stereocenters. The molecule has 3 aromatic rings. The number of amides is 2. The molecule has 208 valence electrons. The summed E-state index contributed by atoms with van der Waals surface area (Å²) in [5, 5.41) is 7.09. The van der Waals surface area contributed by atoms with Gasteiger partial charge in [0.05, 0.1) is 19.4 Å². The van der Waals surface area contributed by atoms with Gasteiger partial charge in [-0.25, -0.2) is 17.5 Å². The summed E-state index contributed by atoms with van der Waals surface area (Å²) < 4.78 is 50.2. The summed E-state index contributed by atoms with van der Waals surface area (Å²) in [5.41, 5.74) is -0.0183. The van der Waals surface area contributed by atoms with Crippen LogP contribution in [0, 0.1) is 5.82 Å². The lowest BCUT2D eigenvalue weighted by Crippen LogP contribution is -2.42. The predicted molar refractivity (Wildman–Crippen MR) is 141 cm³/mol. The molecule has 0 aliphatic carbocycles. The molecule has 2 aliphatic heterocycles. The van der Waals surface area contributed by atoms with Crippen molar-refractivity contribution in [1.29, 1.82) is 0 Å². The van der Waals surface area contributed by atoms with Crippen molar-refractivity contribution in [1.82, 2.24) is 24.6 Å². The van der Waals surface area contributed by atoms with Crippen molar-refractivity contribution in [2.24, 2.45) is 0 Å². The van der Waals surface area contributed by atoms with Crippen molar-refractivity contribution in [2.45, 2.75) is 32.9 Å². The molecule has 0 fully saturated rings. The number of nitrogens with one attached hydrogen (secondary N) is 1. The Morgan fingerprint density at radius 1 is 1.23 bits per heavy atom. The normalized spacial score (nSPS) is 19.5. The maximum Gasteiger partial charge on any atom is 0.280 e. The van der Waals surface area contributed by atoms with Crippen LogP contribution < -0.4 is 19.9 Å². The van der Waals surface area contributed by atoms with Gasteiger partial charge in [-0.3, -0.25) is 18.7 Å². The van der Waals surface area contributed by atoms with Crippen molar-refractivity contribution in [3.05, 3.63) is 51.2 Å². The number of carbonyl (C=O) groups is 2. The largest absolute Gasteiger partial charge is 0.493 e. The van der Waals surface area contributed by atoms with Crippen LogP contribution in [0.15, 0.2) is 23.0 Å². The van der Waals surface area contributed by atoms with Crippen molar-refractivity contribution < 1.29 is 27.1 Å². The topological polar surface area (TPSA) is 136 Å². The lowest BCUT2D eigenvalue weighted by atomic mass is 10.1. The molecular weight excluding hydrogens is 531 g/mol. The molecule has 1 aromatic carbocycles. The number of likely N-dealkylation sites (N-methyl/N-ethyl adjacent to an activating group) is 1. The number of halogens is 1. The van der Waals surface area contributed by atoms with Gasteiger partial charge in [0, 0.05) is 38.3 Å². The highest BCUT2D eigenvalue weighted by atomic mass is 32.2. The quantitative estimate of drug-likeness (QED) is 0.500. The lowest BCUT2D eigenvalue weighted by Gasteiger charge is -2.33. The Kier molecular flexibility index (Phi) is 6.61. The van der Waals surface area contributed by atoms with Crippen molar-refractivity contribution in [3.63, 3.8) is 0 Å². The van der Waals surface area contributed by atoms with Crippen LogP contribution in [0.2, 0.25) is 0 Å². The first-order valence-corrected chi connectivity index (χ1v) is 14.2. The molecule has 0 radical (unpaired) electrons. The summed E-state index contributed by atoms with van der Waals surface area (Å²) in [7, 11) is -1.29. The van der Waals surface area contributed by atoms with Crippen molar-refractivity contribution in [2.75, 3.05) is 43.8 Å². The van der Waals surface area contributed by atoms with E-state index in [0.29, 0.717) is 18.7 Å².